The number of nitrogens with zero attached hydrogens (tertiary/aromatic N) is 1. The molecule has 0 radical (unpaired) electrons. The molecule has 0 aliphatic carbocycles. The van der Waals surface area contributed by atoms with Crippen LogP contribution in [0.5, 0.6) is 5.75 Å². The second kappa shape index (κ2) is 5.87. The highest BCUT2D eigenvalue weighted by Gasteiger charge is 2.06. The molecular formula is C13H22N2O. The highest BCUT2D eigenvalue weighted by atomic mass is 16.5. The molecule has 2 N–H and O–H groups in total. The Bertz CT molecular complexity index is 337. The summed E-state index contributed by atoms with van der Waals surface area (Å²) in [5.74, 6) is 0.930. The molecule has 1 unspecified atom stereocenters. The van der Waals surface area contributed by atoms with Gasteiger partial charge in [0.2, 0.25) is 0 Å². The molecule has 0 fully saturated rings. The zero-order valence-corrected chi connectivity index (χ0v) is 10.7. The van der Waals surface area contributed by atoms with Gasteiger partial charge in [-0.15, -0.1) is 0 Å². The predicted molar refractivity (Wildman–Crippen MR) is 67.9 cm³/mol. The van der Waals surface area contributed by atoms with E-state index in [1.165, 1.54) is 5.56 Å². The van der Waals surface area contributed by atoms with E-state index in [0.717, 1.165) is 17.9 Å². The number of rotatable bonds is 5. The minimum Gasteiger partial charge on any atom is -0.492 e. The molecule has 0 bridgehead atoms. The summed E-state index contributed by atoms with van der Waals surface area (Å²) in [5.41, 5.74) is 8.35. The Hall–Kier alpha value is -1.06. The van der Waals surface area contributed by atoms with Crippen LogP contribution in [0.3, 0.4) is 0 Å². The number of hydrogen-bond donors (Lipinski definition) is 1. The van der Waals surface area contributed by atoms with Gasteiger partial charge >= 0.3 is 0 Å². The zero-order valence-electron chi connectivity index (χ0n) is 10.7. The molecule has 1 aromatic carbocycles. The van der Waals surface area contributed by atoms with E-state index < -0.39 is 0 Å². The average molecular weight is 222 g/mol. The smallest absolute Gasteiger partial charge is 0.122 e. The van der Waals surface area contributed by atoms with E-state index in [1.54, 1.807) is 0 Å². The highest BCUT2D eigenvalue weighted by Crippen LogP contribution is 2.18. The van der Waals surface area contributed by atoms with E-state index >= 15 is 0 Å². The Morgan fingerprint density at radius 1 is 1.31 bits per heavy atom. The minimum absolute atomic E-state index is 0.0516. The van der Waals surface area contributed by atoms with Gasteiger partial charge in [-0.2, -0.15) is 0 Å². The summed E-state index contributed by atoms with van der Waals surface area (Å²) < 4.78 is 5.70. The van der Waals surface area contributed by atoms with Gasteiger partial charge in [0.25, 0.3) is 0 Å². The fourth-order valence-electron chi connectivity index (χ4n) is 1.68. The first-order chi connectivity index (χ1) is 7.49. The molecule has 0 aromatic heterocycles. The fraction of sp³-hybridized carbons (Fsp3) is 0.538. The first-order valence-corrected chi connectivity index (χ1v) is 5.59. The molecule has 1 aromatic rings. The van der Waals surface area contributed by atoms with Crippen LogP contribution in [0.4, 0.5) is 0 Å². The van der Waals surface area contributed by atoms with Crippen molar-refractivity contribution in [2.45, 2.75) is 19.9 Å². The predicted octanol–water partition coefficient (Wildman–Crippen LogP) is 1.57. The van der Waals surface area contributed by atoms with Crippen molar-refractivity contribution in [1.82, 2.24) is 4.90 Å². The molecular weight excluding hydrogens is 200 g/mol. The van der Waals surface area contributed by atoms with Crippen molar-refractivity contribution in [2.75, 3.05) is 27.2 Å². The first kappa shape index (κ1) is 13.0. The van der Waals surface area contributed by atoms with Crippen molar-refractivity contribution >= 4 is 0 Å². The van der Waals surface area contributed by atoms with Crippen LogP contribution in [0.1, 0.15) is 11.1 Å². The second-order valence-corrected chi connectivity index (χ2v) is 4.60. The van der Waals surface area contributed by atoms with E-state index in [1.807, 2.05) is 20.2 Å². The Balaban J connectivity index is 2.48. The lowest BCUT2D eigenvalue weighted by Crippen LogP contribution is -2.38. The molecule has 90 valence electrons. The van der Waals surface area contributed by atoms with Crippen LogP contribution >= 0.6 is 0 Å². The summed E-state index contributed by atoms with van der Waals surface area (Å²) >= 11 is 0. The lowest BCUT2D eigenvalue weighted by molar-refractivity contribution is 0.253. The molecule has 0 saturated heterocycles. The molecule has 0 aliphatic rings. The third-order valence-electron chi connectivity index (χ3n) is 2.38. The van der Waals surface area contributed by atoms with Crippen LogP contribution < -0.4 is 10.5 Å². The van der Waals surface area contributed by atoms with Gasteiger partial charge in [-0.05, 0) is 39.6 Å². The van der Waals surface area contributed by atoms with Crippen molar-refractivity contribution in [3.05, 3.63) is 29.3 Å². The molecule has 1 rings (SSSR count). The van der Waals surface area contributed by atoms with Gasteiger partial charge in [-0.1, -0.05) is 17.7 Å². The molecule has 0 heterocycles. The van der Waals surface area contributed by atoms with Crippen LogP contribution in [0.15, 0.2) is 18.2 Å². The topological polar surface area (TPSA) is 38.5 Å². The Kier molecular flexibility index (Phi) is 4.77. The lowest BCUT2D eigenvalue weighted by atomic mass is 10.1. The van der Waals surface area contributed by atoms with Crippen LogP contribution in [0.25, 0.3) is 0 Å². The van der Waals surface area contributed by atoms with Gasteiger partial charge in [0.05, 0.1) is 6.04 Å². The second-order valence-electron chi connectivity index (χ2n) is 4.60. The molecule has 0 saturated carbocycles. The first-order valence-electron chi connectivity index (χ1n) is 5.59. The Labute approximate surface area is 98.2 Å². The van der Waals surface area contributed by atoms with E-state index in [4.69, 9.17) is 10.5 Å². The summed E-state index contributed by atoms with van der Waals surface area (Å²) in [6.07, 6.45) is 0. The number of benzene rings is 1. The maximum absolute atomic E-state index is 5.94. The van der Waals surface area contributed by atoms with Gasteiger partial charge in [0.15, 0.2) is 0 Å². The molecule has 16 heavy (non-hydrogen) atoms. The van der Waals surface area contributed by atoms with Crippen LogP contribution in [-0.2, 0) is 0 Å². The number of hydrogen-bond acceptors (Lipinski definition) is 3. The Morgan fingerprint density at radius 3 is 2.56 bits per heavy atom. The van der Waals surface area contributed by atoms with Crippen LogP contribution in [-0.4, -0.2) is 38.2 Å². The lowest BCUT2D eigenvalue weighted by Gasteiger charge is -2.18. The minimum atomic E-state index is 0.0516. The maximum atomic E-state index is 5.94. The van der Waals surface area contributed by atoms with Crippen LogP contribution in [0, 0.1) is 13.8 Å². The zero-order chi connectivity index (χ0) is 12.1. The molecule has 3 heteroatoms. The van der Waals surface area contributed by atoms with Gasteiger partial charge in [-0.3, -0.25) is 0 Å². The van der Waals surface area contributed by atoms with Crippen molar-refractivity contribution in [3.63, 3.8) is 0 Å². The average Bonchev–Trinajstić information content (AvgIpc) is 2.15. The molecule has 0 spiro atoms. The van der Waals surface area contributed by atoms with Gasteiger partial charge in [-0.25, -0.2) is 0 Å². The van der Waals surface area contributed by atoms with Crippen molar-refractivity contribution in [1.29, 1.82) is 0 Å². The van der Waals surface area contributed by atoms with Crippen molar-refractivity contribution in [3.8, 4) is 5.75 Å². The standard InChI is InChI=1S/C13H22N2O/c1-10-5-6-13(11(2)7-10)16-9-12(14)8-15(3)4/h5-7,12H,8-9,14H2,1-4H3. The fourth-order valence-corrected chi connectivity index (χ4v) is 1.68. The molecule has 0 aliphatic heterocycles. The number of ether oxygens (including phenoxy) is 1. The molecule has 3 nitrogen and oxygen atoms in total. The monoisotopic (exact) mass is 222 g/mol. The maximum Gasteiger partial charge on any atom is 0.122 e. The van der Waals surface area contributed by atoms with E-state index in [-0.39, 0.29) is 6.04 Å². The molecule has 1 atom stereocenters. The van der Waals surface area contributed by atoms with E-state index in [9.17, 15) is 0 Å². The summed E-state index contributed by atoms with van der Waals surface area (Å²) in [7, 11) is 4.02. The van der Waals surface area contributed by atoms with Crippen molar-refractivity contribution in [2.24, 2.45) is 5.73 Å². The van der Waals surface area contributed by atoms with Crippen molar-refractivity contribution < 1.29 is 4.74 Å². The van der Waals surface area contributed by atoms with E-state index in [0.29, 0.717) is 6.61 Å². The third-order valence-corrected chi connectivity index (χ3v) is 2.38. The Morgan fingerprint density at radius 2 is 2.00 bits per heavy atom. The summed E-state index contributed by atoms with van der Waals surface area (Å²) in [6, 6.07) is 6.23. The van der Waals surface area contributed by atoms with Crippen LogP contribution in [0.2, 0.25) is 0 Å². The van der Waals surface area contributed by atoms with E-state index in [2.05, 4.69) is 30.9 Å². The largest absolute Gasteiger partial charge is 0.492 e. The molecule has 0 amide bonds. The summed E-state index contributed by atoms with van der Waals surface area (Å²) in [6.45, 7) is 5.53. The SMILES string of the molecule is Cc1ccc(OCC(N)CN(C)C)c(C)c1. The highest BCUT2D eigenvalue weighted by molar-refractivity contribution is 5.35. The summed E-state index contributed by atoms with van der Waals surface area (Å²) in [5, 5.41) is 0. The number of nitrogens with two attached hydrogens (primary N) is 1. The quantitative estimate of drug-likeness (QED) is 0.822. The number of likely N-dealkylation sites (N-methyl/N-ethyl adjacent to an activating group) is 1. The third kappa shape index (κ3) is 4.21. The number of aryl methyl sites for hydroxylation is 2. The summed E-state index contributed by atoms with van der Waals surface area (Å²) in [4.78, 5) is 2.07. The van der Waals surface area contributed by atoms with Gasteiger partial charge in [0.1, 0.15) is 12.4 Å². The normalized spacial score (nSPS) is 12.9. The van der Waals surface area contributed by atoms with Gasteiger partial charge in [0, 0.05) is 6.54 Å². The van der Waals surface area contributed by atoms with Gasteiger partial charge < -0.3 is 15.4 Å².